The molecule has 0 radical (unpaired) electrons. The van der Waals surface area contributed by atoms with E-state index < -0.39 is 0 Å². The molecule has 1 unspecified atom stereocenters. The Morgan fingerprint density at radius 3 is 2.94 bits per heavy atom. The van der Waals surface area contributed by atoms with Gasteiger partial charge in [0.1, 0.15) is 5.82 Å². The summed E-state index contributed by atoms with van der Waals surface area (Å²) in [6.45, 7) is 2.70. The molecule has 1 aromatic heterocycles. The van der Waals surface area contributed by atoms with Crippen molar-refractivity contribution in [2.75, 3.05) is 0 Å². The van der Waals surface area contributed by atoms with E-state index >= 15 is 0 Å². The number of hydrogen-bond acceptors (Lipinski definition) is 2. The van der Waals surface area contributed by atoms with Crippen molar-refractivity contribution in [2.24, 2.45) is 0 Å². The molecule has 0 saturated heterocycles. The molecule has 0 spiro atoms. The normalized spacial score (nSPS) is 12.6. The number of halogens is 2. The molecule has 1 N–H and O–H groups in total. The second-order valence-electron chi connectivity index (χ2n) is 4.35. The van der Waals surface area contributed by atoms with Crippen molar-refractivity contribution in [3.8, 4) is 0 Å². The molecule has 0 fully saturated rings. The number of benzene rings is 1. The van der Waals surface area contributed by atoms with Gasteiger partial charge in [0.25, 0.3) is 0 Å². The highest BCUT2D eigenvalue weighted by Crippen LogP contribution is 2.17. The van der Waals surface area contributed by atoms with Crippen LogP contribution in [0.15, 0.2) is 35.0 Å². The molecule has 2 rings (SSSR count). The lowest BCUT2D eigenvalue weighted by Gasteiger charge is -2.14. The Labute approximate surface area is 116 Å². The van der Waals surface area contributed by atoms with E-state index in [4.69, 9.17) is 11.6 Å². The van der Waals surface area contributed by atoms with Crippen molar-refractivity contribution in [1.82, 2.24) is 5.32 Å². The number of hydrogen-bond donors (Lipinski definition) is 1. The van der Waals surface area contributed by atoms with Gasteiger partial charge in [0.2, 0.25) is 0 Å². The third-order valence-corrected chi connectivity index (χ3v) is 3.87. The summed E-state index contributed by atoms with van der Waals surface area (Å²) in [6, 6.07) is 6.90. The van der Waals surface area contributed by atoms with Gasteiger partial charge in [-0.2, -0.15) is 11.3 Å². The van der Waals surface area contributed by atoms with Crippen molar-refractivity contribution < 1.29 is 4.39 Å². The van der Waals surface area contributed by atoms with E-state index in [9.17, 15) is 4.39 Å². The van der Waals surface area contributed by atoms with E-state index in [1.54, 1.807) is 17.4 Å². The fourth-order valence-corrected chi connectivity index (χ4v) is 2.66. The average molecular weight is 284 g/mol. The number of nitrogens with one attached hydrogen (secondary N) is 1. The smallest absolute Gasteiger partial charge is 0.123 e. The van der Waals surface area contributed by atoms with Crippen LogP contribution >= 0.6 is 22.9 Å². The molecule has 1 aromatic carbocycles. The Balaban J connectivity index is 1.89. The summed E-state index contributed by atoms with van der Waals surface area (Å²) in [4.78, 5) is 0. The lowest BCUT2D eigenvalue weighted by molar-refractivity contribution is 0.543. The van der Waals surface area contributed by atoms with Gasteiger partial charge in [0.05, 0.1) is 0 Å². The Morgan fingerprint density at radius 2 is 2.22 bits per heavy atom. The van der Waals surface area contributed by atoms with Crippen LogP contribution in [0.5, 0.6) is 0 Å². The molecule has 4 heteroatoms. The van der Waals surface area contributed by atoms with Gasteiger partial charge in [0, 0.05) is 17.6 Å². The van der Waals surface area contributed by atoms with E-state index in [1.165, 1.54) is 17.7 Å². The van der Waals surface area contributed by atoms with Crippen molar-refractivity contribution in [3.05, 3.63) is 57.0 Å². The lowest BCUT2D eigenvalue weighted by atomic mass is 10.1. The Kier molecular flexibility index (Phi) is 4.75. The van der Waals surface area contributed by atoms with Gasteiger partial charge in [-0.3, -0.25) is 0 Å². The van der Waals surface area contributed by atoms with Gasteiger partial charge in [-0.15, -0.1) is 0 Å². The van der Waals surface area contributed by atoms with Crippen molar-refractivity contribution in [1.29, 1.82) is 0 Å². The maximum atomic E-state index is 13.1. The van der Waals surface area contributed by atoms with Gasteiger partial charge in [0.15, 0.2) is 0 Å². The molecule has 0 saturated carbocycles. The highest BCUT2D eigenvalue weighted by atomic mass is 35.5. The quantitative estimate of drug-likeness (QED) is 0.864. The molecule has 0 aliphatic rings. The summed E-state index contributed by atoms with van der Waals surface area (Å²) in [5, 5.41) is 8.18. The molecule has 0 bridgehead atoms. The molecule has 1 atom stereocenters. The molecule has 0 aliphatic carbocycles. The Bertz CT molecular complexity index is 499. The SMILES string of the molecule is CC(Cc1ccsc1)NCc1cc(F)ccc1Cl. The first-order valence-electron chi connectivity index (χ1n) is 5.83. The Hall–Kier alpha value is -0.900. The molecule has 1 heterocycles. The second kappa shape index (κ2) is 6.32. The number of rotatable bonds is 5. The standard InChI is InChI=1S/C14H15ClFNS/c1-10(6-11-4-5-18-9-11)17-8-12-7-13(16)2-3-14(12)15/h2-5,7,9-10,17H,6,8H2,1H3. The molecule has 96 valence electrons. The van der Waals surface area contributed by atoms with E-state index in [0.717, 1.165) is 12.0 Å². The Morgan fingerprint density at radius 1 is 1.39 bits per heavy atom. The van der Waals surface area contributed by atoms with Crippen LogP contribution < -0.4 is 5.32 Å². The summed E-state index contributed by atoms with van der Waals surface area (Å²) < 4.78 is 13.1. The van der Waals surface area contributed by atoms with Gasteiger partial charge >= 0.3 is 0 Å². The topological polar surface area (TPSA) is 12.0 Å². The predicted molar refractivity (Wildman–Crippen MR) is 75.7 cm³/mol. The molecular weight excluding hydrogens is 269 g/mol. The third kappa shape index (κ3) is 3.80. The van der Waals surface area contributed by atoms with Crippen LogP contribution in [-0.2, 0) is 13.0 Å². The van der Waals surface area contributed by atoms with Gasteiger partial charge in [-0.05, 0) is 59.5 Å². The first-order chi connectivity index (χ1) is 8.65. The van der Waals surface area contributed by atoms with Crippen LogP contribution in [0.4, 0.5) is 4.39 Å². The van der Waals surface area contributed by atoms with Gasteiger partial charge in [-0.1, -0.05) is 11.6 Å². The molecule has 18 heavy (non-hydrogen) atoms. The largest absolute Gasteiger partial charge is 0.310 e. The zero-order chi connectivity index (χ0) is 13.0. The van der Waals surface area contributed by atoms with E-state index in [2.05, 4.69) is 29.1 Å². The van der Waals surface area contributed by atoms with Crippen LogP contribution in [-0.4, -0.2) is 6.04 Å². The van der Waals surface area contributed by atoms with Crippen LogP contribution in [0.2, 0.25) is 5.02 Å². The fourth-order valence-electron chi connectivity index (χ4n) is 1.80. The minimum absolute atomic E-state index is 0.248. The summed E-state index contributed by atoms with van der Waals surface area (Å²) in [7, 11) is 0. The minimum Gasteiger partial charge on any atom is -0.310 e. The van der Waals surface area contributed by atoms with Gasteiger partial charge in [-0.25, -0.2) is 4.39 Å². The summed E-state index contributed by atoms with van der Waals surface area (Å²) in [5.41, 5.74) is 2.12. The van der Waals surface area contributed by atoms with Crippen LogP contribution in [0.3, 0.4) is 0 Å². The molecule has 1 nitrogen and oxygen atoms in total. The van der Waals surface area contributed by atoms with E-state index in [0.29, 0.717) is 17.6 Å². The maximum absolute atomic E-state index is 13.1. The number of thiophene rings is 1. The molecular formula is C14H15ClFNS. The average Bonchev–Trinajstić information content (AvgIpc) is 2.83. The zero-order valence-electron chi connectivity index (χ0n) is 10.1. The molecule has 2 aromatic rings. The first-order valence-corrected chi connectivity index (χ1v) is 7.15. The first kappa shape index (κ1) is 13.5. The highest BCUT2D eigenvalue weighted by Gasteiger charge is 2.06. The monoisotopic (exact) mass is 283 g/mol. The van der Waals surface area contributed by atoms with Gasteiger partial charge < -0.3 is 5.32 Å². The summed E-state index contributed by atoms with van der Waals surface area (Å²) in [6.07, 6.45) is 0.969. The lowest BCUT2D eigenvalue weighted by Crippen LogP contribution is -2.27. The molecule has 0 aliphatic heterocycles. The fraction of sp³-hybridized carbons (Fsp3) is 0.286. The minimum atomic E-state index is -0.248. The van der Waals surface area contributed by atoms with Crippen molar-refractivity contribution in [2.45, 2.75) is 25.9 Å². The molecule has 0 amide bonds. The maximum Gasteiger partial charge on any atom is 0.123 e. The van der Waals surface area contributed by atoms with Crippen molar-refractivity contribution in [3.63, 3.8) is 0 Å². The van der Waals surface area contributed by atoms with Crippen LogP contribution in [0.25, 0.3) is 0 Å². The predicted octanol–water partition coefficient (Wildman–Crippen LogP) is 4.26. The summed E-state index contributed by atoms with van der Waals surface area (Å²) >= 11 is 7.72. The van der Waals surface area contributed by atoms with Crippen LogP contribution in [0, 0.1) is 5.82 Å². The van der Waals surface area contributed by atoms with E-state index in [-0.39, 0.29) is 5.82 Å². The highest BCUT2D eigenvalue weighted by molar-refractivity contribution is 7.07. The second-order valence-corrected chi connectivity index (χ2v) is 5.54. The zero-order valence-corrected chi connectivity index (χ0v) is 11.7. The van der Waals surface area contributed by atoms with Crippen LogP contribution in [0.1, 0.15) is 18.1 Å². The van der Waals surface area contributed by atoms with E-state index in [1.807, 2.05) is 0 Å². The third-order valence-electron chi connectivity index (χ3n) is 2.77. The summed E-state index contributed by atoms with van der Waals surface area (Å²) in [5.74, 6) is -0.248. The van der Waals surface area contributed by atoms with Crippen molar-refractivity contribution >= 4 is 22.9 Å².